The zero-order valence-corrected chi connectivity index (χ0v) is 20.6. The second-order valence-electron chi connectivity index (χ2n) is 10.5. The normalized spacial score (nSPS) is 26.2. The maximum atomic E-state index is 12.6. The van der Waals surface area contributed by atoms with Crippen molar-refractivity contribution in [2.24, 2.45) is 11.7 Å². The standard InChI is InChI=1S/C25H33N9O2/c1-32-10-11-33(25(32)36)19-12-15-13-20(19)34(14-15)24-29-23(21(22(26)35)30-31-24)28-18-4-2-16(3-5-18)17-6-8-27-9-7-17/h2-5,15,17,19-20,27H,6-14H2,1H3,(H2,26,35)(H,28,29,31). The SMILES string of the molecule is CN1CCN(C2CC3CC2N(c2nnc(C(N)=O)c(Nc4ccc(C5CCNCC5)cc4)n2)C3)C1=O. The van der Waals surface area contributed by atoms with Crippen LogP contribution >= 0.6 is 0 Å². The number of nitrogens with zero attached hydrogens (tertiary/aromatic N) is 6. The van der Waals surface area contributed by atoms with Crippen molar-refractivity contribution < 1.29 is 9.59 Å². The van der Waals surface area contributed by atoms with Gasteiger partial charge in [-0.25, -0.2) is 4.79 Å². The summed E-state index contributed by atoms with van der Waals surface area (Å²) in [5.74, 6) is 1.14. The molecule has 1 aromatic heterocycles. The molecule has 4 fully saturated rings. The molecule has 2 aromatic rings. The number of likely N-dealkylation sites (N-methyl/N-ethyl adjacent to an activating group) is 1. The number of nitrogens with two attached hydrogens (primary N) is 1. The number of piperidine rings is 2. The van der Waals surface area contributed by atoms with Crippen molar-refractivity contribution in [3.05, 3.63) is 35.5 Å². The molecular weight excluding hydrogens is 458 g/mol. The lowest BCUT2D eigenvalue weighted by Gasteiger charge is -2.37. The van der Waals surface area contributed by atoms with Gasteiger partial charge < -0.3 is 31.1 Å². The summed E-state index contributed by atoms with van der Waals surface area (Å²) in [5, 5.41) is 15.1. The number of anilines is 3. The Kier molecular flexibility index (Phi) is 5.87. The van der Waals surface area contributed by atoms with Gasteiger partial charge in [0.2, 0.25) is 5.95 Å². The summed E-state index contributed by atoms with van der Waals surface area (Å²) in [6.07, 6.45) is 4.27. The fourth-order valence-corrected chi connectivity index (χ4v) is 6.35. The van der Waals surface area contributed by atoms with E-state index in [1.165, 1.54) is 5.56 Å². The molecule has 3 saturated heterocycles. The molecule has 4 aliphatic rings. The van der Waals surface area contributed by atoms with Crippen LogP contribution in [0.3, 0.4) is 0 Å². The lowest BCUT2D eigenvalue weighted by Crippen LogP contribution is -2.52. The molecule has 4 heterocycles. The number of nitrogens with one attached hydrogen (secondary N) is 2. The minimum atomic E-state index is -0.679. The number of hydrogen-bond acceptors (Lipinski definition) is 8. The van der Waals surface area contributed by atoms with E-state index in [1.807, 2.05) is 24.1 Å². The average Bonchev–Trinajstić information content (AvgIpc) is 3.60. The van der Waals surface area contributed by atoms with Crippen LogP contribution in [-0.2, 0) is 0 Å². The van der Waals surface area contributed by atoms with E-state index in [0.29, 0.717) is 23.6 Å². The fraction of sp³-hybridized carbons (Fsp3) is 0.560. The van der Waals surface area contributed by atoms with Gasteiger partial charge in [0.1, 0.15) is 0 Å². The van der Waals surface area contributed by atoms with Crippen molar-refractivity contribution in [3.63, 3.8) is 0 Å². The topological polar surface area (TPSA) is 133 Å². The van der Waals surface area contributed by atoms with Crippen LogP contribution in [0.2, 0.25) is 0 Å². The van der Waals surface area contributed by atoms with Gasteiger partial charge in [0.05, 0.1) is 12.1 Å². The fourth-order valence-electron chi connectivity index (χ4n) is 6.35. The molecule has 1 aliphatic carbocycles. The Morgan fingerprint density at radius 3 is 2.42 bits per heavy atom. The van der Waals surface area contributed by atoms with Crippen LogP contribution in [0.25, 0.3) is 0 Å². The second-order valence-corrected chi connectivity index (χ2v) is 10.5. The van der Waals surface area contributed by atoms with Crippen molar-refractivity contribution in [2.75, 3.05) is 50.0 Å². The average molecular weight is 492 g/mol. The highest BCUT2D eigenvalue weighted by molar-refractivity contribution is 5.96. The Labute approximate surface area is 210 Å². The smallest absolute Gasteiger partial charge is 0.320 e. The first-order valence-corrected chi connectivity index (χ1v) is 12.9. The van der Waals surface area contributed by atoms with E-state index in [1.54, 1.807) is 4.90 Å². The van der Waals surface area contributed by atoms with E-state index in [4.69, 9.17) is 10.7 Å². The molecule has 2 bridgehead atoms. The van der Waals surface area contributed by atoms with E-state index in [-0.39, 0.29) is 23.8 Å². The van der Waals surface area contributed by atoms with Crippen molar-refractivity contribution in [3.8, 4) is 0 Å². The predicted molar refractivity (Wildman–Crippen MR) is 135 cm³/mol. The third kappa shape index (κ3) is 4.11. The van der Waals surface area contributed by atoms with Gasteiger partial charge >= 0.3 is 6.03 Å². The van der Waals surface area contributed by atoms with Gasteiger partial charge in [0.15, 0.2) is 11.5 Å². The van der Waals surface area contributed by atoms with Crippen LogP contribution in [0.5, 0.6) is 0 Å². The highest BCUT2D eigenvalue weighted by Gasteiger charge is 2.50. The van der Waals surface area contributed by atoms with Gasteiger partial charge in [0.25, 0.3) is 5.91 Å². The number of amides is 3. The summed E-state index contributed by atoms with van der Waals surface area (Å²) < 4.78 is 0. The molecule has 0 radical (unpaired) electrons. The Balaban J connectivity index is 1.23. The molecule has 1 aromatic carbocycles. The quantitative estimate of drug-likeness (QED) is 0.554. The molecule has 190 valence electrons. The summed E-state index contributed by atoms with van der Waals surface area (Å²) in [4.78, 5) is 35.4. The second kappa shape index (κ2) is 9.20. The first kappa shape index (κ1) is 23.0. The van der Waals surface area contributed by atoms with Gasteiger partial charge in [0, 0.05) is 32.4 Å². The maximum Gasteiger partial charge on any atom is 0.320 e. The minimum absolute atomic E-state index is 0.0124. The summed E-state index contributed by atoms with van der Waals surface area (Å²) in [7, 11) is 1.85. The minimum Gasteiger partial charge on any atom is -0.364 e. The molecule has 11 heteroatoms. The highest BCUT2D eigenvalue weighted by Crippen LogP contribution is 2.42. The first-order valence-electron chi connectivity index (χ1n) is 12.9. The van der Waals surface area contributed by atoms with Gasteiger partial charge in [-0.05, 0) is 68.3 Å². The lowest BCUT2D eigenvalue weighted by molar-refractivity contribution is 0.0995. The van der Waals surface area contributed by atoms with Crippen LogP contribution in [0, 0.1) is 5.92 Å². The van der Waals surface area contributed by atoms with Crippen molar-refractivity contribution in [1.82, 2.24) is 30.3 Å². The zero-order valence-electron chi connectivity index (χ0n) is 20.6. The number of fused-ring (bicyclic) bond motifs is 2. The molecule has 36 heavy (non-hydrogen) atoms. The van der Waals surface area contributed by atoms with Crippen molar-refractivity contribution in [1.29, 1.82) is 0 Å². The van der Waals surface area contributed by atoms with E-state index >= 15 is 0 Å². The Bertz CT molecular complexity index is 1150. The van der Waals surface area contributed by atoms with E-state index in [2.05, 4.69) is 37.9 Å². The van der Waals surface area contributed by atoms with Crippen LogP contribution in [0.4, 0.5) is 22.2 Å². The first-order chi connectivity index (χ1) is 17.5. The molecule has 3 atom stereocenters. The highest BCUT2D eigenvalue weighted by atomic mass is 16.2. The zero-order chi connectivity index (χ0) is 24.8. The van der Waals surface area contributed by atoms with Gasteiger partial charge in [-0.2, -0.15) is 4.98 Å². The van der Waals surface area contributed by atoms with Crippen molar-refractivity contribution in [2.45, 2.75) is 43.7 Å². The van der Waals surface area contributed by atoms with Crippen LogP contribution in [0.15, 0.2) is 24.3 Å². The molecule has 0 spiro atoms. The third-order valence-corrected chi connectivity index (χ3v) is 8.25. The number of carbonyl (C=O) groups is 2. The Morgan fingerprint density at radius 2 is 1.78 bits per heavy atom. The number of hydrogen-bond donors (Lipinski definition) is 3. The number of aromatic nitrogens is 3. The van der Waals surface area contributed by atoms with Crippen LogP contribution < -0.4 is 21.3 Å². The summed E-state index contributed by atoms with van der Waals surface area (Å²) in [5.41, 5.74) is 7.74. The number of benzene rings is 1. The molecule has 6 rings (SSSR count). The molecule has 3 unspecified atom stereocenters. The lowest BCUT2D eigenvalue weighted by atomic mass is 9.90. The molecule has 4 N–H and O–H groups in total. The summed E-state index contributed by atoms with van der Waals surface area (Å²) in [6.45, 7) is 4.41. The maximum absolute atomic E-state index is 12.6. The number of urea groups is 1. The number of carbonyl (C=O) groups excluding carboxylic acids is 2. The Hall–Kier alpha value is -3.47. The van der Waals surface area contributed by atoms with E-state index in [0.717, 1.165) is 64.1 Å². The summed E-state index contributed by atoms with van der Waals surface area (Å²) >= 11 is 0. The molecule has 3 aliphatic heterocycles. The Morgan fingerprint density at radius 1 is 1.06 bits per heavy atom. The van der Waals surface area contributed by atoms with E-state index in [9.17, 15) is 9.59 Å². The third-order valence-electron chi connectivity index (χ3n) is 8.25. The van der Waals surface area contributed by atoms with Gasteiger partial charge in [-0.15, -0.1) is 10.2 Å². The summed E-state index contributed by atoms with van der Waals surface area (Å²) in [6, 6.07) is 8.65. The van der Waals surface area contributed by atoms with Crippen LogP contribution in [-0.4, -0.2) is 88.8 Å². The number of primary amides is 1. The predicted octanol–water partition coefficient (Wildman–Crippen LogP) is 1.52. The molecule has 11 nitrogen and oxygen atoms in total. The number of rotatable bonds is 6. The molecular formula is C25H33N9O2. The molecule has 3 amide bonds. The largest absolute Gasteiger partial charge is 0.364 e. The van der Waals surface area contributed by atoms with Crippen LogP contribution in [0.1, 0.15) is 47.7 Å². The van der Waals surface area contributed by atoms with E-state index < -0.39 is 5.91 Å². The van der Waals surface area contributed by atoms with Gasteiger partial charge in [-0.3, -0.25) is 4.79 Å². The molecule has 1 saturated carbocycles. The van der Waals surface area contributed by atoms with Gasteiger partial charge in [-0.1, -0.05) is 12.1 Å². The van der Waals surface area contributed by atoms with Crippen molar-refractivity contribution >= 4 is 29.4 Å². The monoisotopic (exact) mass is 491 g/mol.